The number of hydrogen-bond donors (Lipinski definition) is 1. The van der Waals surface area contributed by atoms with Crippen LogP contribution in [0.2, 0.25) is 0 Å². The van der Waals surface area contributed by atoms with Crippen LogP contribution in [0, 0.1) is 0 Å². The SMILES string of the molecule is COC1(C)CCCN(S(=O)(=O)c2cc(Br)ccc2N)C1. The number of piperidine rings is 1. The molecule has 112 valence electrons. The maximum atomic E-state index is 12.7. The minimum absolute atomic E-state index is 0.146. The molecule has 1 unspecified atom stereocenters. The van der Waals surface area contributed by atoms with Crippen LogP contribution in [0.5, 0.6) is 0 Å². The maximum absolute atomic E-state index is 12.7. The van der Waals surface area contributed by atoms with Crippen LogP contribution in [0.4, 0.5) is 5.69 Å². The first-order valence-corrected chi connectivity index (χ1v) is 8.62. The Labute approximate surface area is 128 Å². The van der Waals surface area contributed by atoms with Gasteiger partial charge in [0, 0.05) is 24.7 Å². The lowest BCUT2D eigenvalue weighted by Crippen LogP contribution is -2.49. The normalized spacial score (nSPS) is 24.8. The summed E-state index contributed by atoms with van der Waals surface area (Å²) in [6.07, 6.45) is 1.63. The highest BCUT2D eigenvalue weighted by atomic mass is 79.9. The monoisotopic (exact) mass is 362 g/mol. The van der Waals surface area contributed by atoms with E-state index in [0.29, 0.717) is 17.6 Å². The summed E-state index contributed by atoms with van der Waals surface area (Å²) in [4.78, 5) is 0.146. The molecule has 1 aromatic rings. The van der Waals surface area contributed by atoms with Crippen molar-refractivity contribution in [1.29, 1.82) is 0 Å². The van der Waals surface area contributed by atoms with Crippen LogP contribution >= 0.6 is 15.9 Å². The summed E-state index contributed by atoms with van der Waals surface area (Å²) in [5.41, 5.74) is 5.65. The van der Waals surface area contributed by atoms with Gasteiger partial charge >= 0.3 is 0 Å². The van der Waals surface area contributed by atoms with E-state index in [2.05, 4.69) is 15.9 Å². The van der Waals surface area contributed by atoms with Gasteiger partial charge in [0.25, 0.3) is 0 Å². The molecule has 0 aromatic heterocycles. The van der Waals surface area contributed by atoms with Crippen LogP contribution in [0.1, 0.15) is 19.8 Å². The molecule has 7 heteroatoms. The van der Waals surface area contributed by atoms with Crippen LogP contribution in [0.3, 0.4) is 0 Å². The zero-order valence-electron chi connectivity index (χ0n) is 11.6. The number of nitrogens with zero attached hydrogens (tertiary/aromatic N) is 1. The van der Waals surface area contributed by atoms with Gasteiger partial charge < -0.3 is 10.5 Å². The summed E-state index contributed by atoms with van der Waals surface area (Å²) in [7, 11) is -1.98. The molecule has 1 aromatic carbocycles. The Hall–Kier alpha value is -0.630. The van der Waals surface area contributed by atoms with Crippen molar-refractivity contribution in [3.8, 4) is 0 Å². The second kappa shape index (κ2) is 5.63. The van der Waals surface area contributed by atoms with Gasteiger partial charge in [-0.15, -0.1) is 0 Å². The van der Waals surface area contributed by atoms with Gasteiger partial charge in [-0.3, -0.25) is 0 Å². The second-order valence-corrected chi connectivity index (χ2v) is 8.10. The minimum atomic E-state index is -3.60. The van der Waals surface area contributed by atoms with Gasteiger partial charge in [0.2, 0.25) is 10.0 Å². The van der Waals surface area contributed by atoms with Crippen molar-refractivity contribution < 1.29 is 13.2 Å². The largest absolute Gasteiger partial charge is 0.398 e. The van der Waals surface area contributed by atoms with Crippen LogP contribution < -0.4 is 5.73 Å². The van der Waals surface area contributed by atoms with E-state index in [1.165, 1.54) is 4.31 Å². The van der Waals surface area contributed by atoms with Crippen molar-refractivity contribution in [3.05, 3.63) is 22.7 Å². The first-order valence-electron chi connectivity index (χ1n) is 6.39. The molecule has 0 saturated carbocycles. The molecule has 1 heterocycles. The average Bonchev–Trinajstić information content (AvgIpc) is 2.41. The molecule has 5 nitrogen and oxygen atoms in total. The minimum Gasteiger partial charge on any atom is -0.398 e. The molecule has 0 aliphatic carbocycles. The van der Waals surface area contributed by atoms with E-state index in [0.717, 1.165) is 12.8 Å². The fourth-order valence-corrected chi connectivity index (χ4v) is 4.65. The first kappa shape index (κ1) is 15.8. The summed E-state index contributed by atoms with van der Waals surface area (Å²) in [6, 6.07) is 4.86. The zero-order valence-corrected chi connectivity index (χ0v) is 14.0. The summed E-state index contributed by atoms with van der Waals surface area (Å²) < 4.78 is 33.1. The van der Waals surface area contributed by atoms with Crippen molar-refractivity contribution in [2.24, 2.45) is 0 Å². The van der Waals surface area contributed by atoms with E-state index in [4.69, 9.17) is 10.5 Å². The number of halogens is 1. The number of methoxy groups -OCH3 is 1. The number of rotatable bonds is 3. The summed E-state index contributed by atoms with van der Waals surface area (Å²) >= 11 is 3.29. The third-order valence-corrected chi connectivity index (χ3v) is 6.10. The average molecular weight is 363 g/mol. The van der Waals surface area contributed by atoms with Gasteiger partial charge in [0.15, 0.2) is 0 Å². The highest BCUT2D eigenvalue weighted by molar-refractivity contribution is 9.10. The number of hydrogen-bond acceptors (Lipinski definition) is 4. The van der Waals surface area contributed by atoms with Crippen molar-refractivity contribution in [2.75, 3.05) is 25.9 Å². The first-order chi connectivity index (χ1) is 9.28. The predicted octanol–water partition coefficient (Wildman–Crippen LogP) is 2.22. The van der Waals surface area contributed by atoms with Gasteiger partial charge in [-0.05, 0) is 38.0 Å². The van der Waals surface area contributed by atoms with Gasteiger partial charge in [-0.25, -0.2) is 8.42 Å². The van der Waals surface area contributed by atoms with Gasteiger partial charge in [0.05, 0.1) is 11.3 Å². The summed E-state index contributed by atoms with van der Waals surface area (Å²) in [6.45, 7) is 2.77. The highest BCUT2D eigenvalue weighted by Gasteiger charge is 2.37. The Bertz CT molecular complexity index is 606. The molecule has 1 fully saturated rings. The Morgan fingerprint density at radius 3 is 2.80 bits per heavy atom. The van der Waals surface area contributed by atoms with Crippen molar-refractivity contribution in [1.82, 2.24) is 4.31 Å². The molecule has 0 bridgehead atoms. The molecule has 1 aliphatic rings. The van der Waals surface area contributed by atoms with Crippen LogP contribution in [-0.2, 0) is 14.8 Å². The summed E-state index contributed by atoms with van der Waals surface area (Å²) in [5.74, 6) is 0. The quantitative estimate of drug-likeness (QED) is 0.836. The van der Waals surface area contributed by atoms with E-state index in [-0.39, 0.29) is 10.6 Å². The predicted molar refractivity (Wildman–Crippen MR) is 82.0 cm³/mol. The van der Waals surface area contributed by atoms with Gasteiger partial charge in [-0.2, -0.15) is 4.31 Å². The molecular formula is C13H19BrN2O3S. The van der Waals surface area contributed by atoms with E-state index >= 15 is 0 Å². The van der Waals surface area contributed by atoms with Crippen molar-refractivity contribution >= 4 is 31.6 Å². The number of benzene rings is 1. The molecule has 0 radical (unpaired) electrons. The van der Waals surface area contributed by atoms with Gasteiger partial charge in [0.1, 0.15) is 4.90 Å². The van der Waals surface area contributed by atoms with Crippen LogP contribution in [0.15, 0.2) is 27.6 Å². The topological polar surface area (TPSA) is 72.6 Å². The summed E-state index contributed by atoms with van der Waals surface area (Å²) in [5, 5.41) is 0. The molecule has 2 N–H and O–H groups in total. The lowest BCUT2D eigenvalue weighted by molar-refractivity contribution is -0.0319. The van der Waals surface area contributed by atoms with Crippen LogP contribution in [-0.4, -0.2) is 38.5 Å². The lowest BCUT2D eigenvalue weighted by Gasteiger charge is -2.38. The van der Waals surface area contributed by atoms with Crippen molar-refractivity contribution in [2.45, 2.75) is 30.3 Å². The second-order valence-electron chi connectivity index (χ2n) is 5.28. The smallest absolute Gasteiger partial charge is 0.245 e. The molecule has 1 aliphatic heterocycles. The number of ether oxygens (including phenoxy) is 1. The molecule has 1 atom stereocenters. The lowest BCUT2D eigenvalue weighted by atomic mass is 9.96. The molecular weight excluding hydrogens is 344 g/mol. The van der Waals surface area contributed by atoms with E-state index in [1.807, 2.05) is 6.92 Å². The van der Waals surface area contributed by atoms with E-state index in [9.17, 15) is 8.42 Å². The Kier molecular flexibility index (Phi) is 4.44. The standard InChI is InChI=1S/C13H19BrN2O3S/c1-13(19-2)6-3-7-16(9-13)20(17,18)12-8-10(14)4-5-11(12)15/h4-5,8H,3,6-7,9,15H2,1-2H3. The Morgan fingerprint density at radius 1 is 1.45 bits per heavy atom. The van der Waals surface area contributed by atoms with E-state index in [1.54, 1.807) is 25.3 Å². The Morgan fingerprint density at radius 2 is 2.15 bits per heavy atom. The molecule has 1 saturated heterocycles. The number of sulfonamides is 1. The van der Waals surface area contributed by atoms with Gasteiger partial charge in [-0.1, -0.05) is 15.9 Å². The van der Waals surface area contributed by atoms with E-state index < -0.39 is 15.6 Å². The fraction of sp³-hybridized carbons (Fsp3) is 0.538. The molecule has 0 spiro atoms. The number of nitrogen functional groups attached to an aromatic ring is 1. The zero-order chi connectivity index (χ0) is 15.0. The number of anilines is 1. The maximum Gasteiger partial charge on any atom is 0.245 e. The van der Waals surface area contributed by atoms with Crippen LogP contribution in [0.25, 0.3) is 0 Å². The highest BCUT2D eigenvalue weighted by Crippen LogP contribution is 2.31. The van der Waals surface area contributed by atoms with Crippen molar-refractivity contribution in [3.63, 3.8) is 0 Å². The number of nitrogens with two attached hydrogens (primary N) is 1. The third kappa shape index (κ3) is 3.00. The Balaban J connectivity index is 2.37. The molecule has 20 heavy (non-hydrogen) atoms. The molecule has 2 rings (SSSR count). The molecule has 0 amide bonds. The third-order valence-electron chi connectivity index (χ3n) is 3.71. The fourth-order valence-electron chi connectivity index (χ4n) is 2.40.